The molecule has 0 unspecified atom stereocenters. The van der Waals surface area contributed by atoms with Gasteiger partial charge in [-0.05, 0) is 98.7 Å². The number of hydrogen-bond donors (Lipinski definition) is 0. The van der Waals surface area contributed by atoms with Crippen LogP contribution in [0.3, 0.4) is 0 Å². The zero-order chi connectivity index (χ0) is 28.9. The molecule has 41 heavy (non-hydrogen) atoms. The number of nitro groups is 1. The van der Waals surface area contributed by atoms with Crippen LogP contribution in [0.25, 0.3) is 10.9 Å². The maximum atomic E-state index is 12.7. The number of esters is 2. The first-order chi connectivity index (χ1) is 19.6. The zero-order valence-electron chi connectivity index (χ0n) is 23.8. The summed E-state index contributed by atoms with van der Waals surface area (Å²) in [6.07, 6.45) is 10.0. The summed E-state index contributed by atoms with van der Waals surface area (Å²) in [6, 6.07) is 5.77. The van der Waals surface area contributed by atoms with E-state index in [1.807, 2.05) is 0 Å². The van der Waals surface area contributed by atoms with E-state index >= 15 is 0 Å². The van der Waals surface area contributed by atoms with E-state index in [9.17, 15) is 24.5 Å². The highest BCUT2D eigenvalue weighted by Gasteiger charge is 2.60. The van der Waals surface area contributed by atoms with Gasteiger partial charge in [-0.25, -0.2) is 0 Å². The molecule has 4 fully saturated rings. The summed E-state index contributed by atoms with van der Waals surface area (Å²) in [5.74, 6) is 1.88. The molecule has 4 aliphatic carbocycles. The number of nitro benzene ring substituents is 1. The Morgan fingerprint density at radius 2 is 1.83 bits per heavy atom. The Balaban J connectivity index is 1.02. The van der Waals surface area contributed by atoms with Crippen molar-refractivity contribution in [2.75, 3.05) is 0 Å². The van der Waals surface area contributed by atoms with Gasteiger partial charge < -0.3 is 9.47 Å². The van der Waals surface area contributed by atoms with E-state index in [2.05, 4.69) is 18.8 Å². The minimum absolute atomic E-state index is 0.0887. The van der Waals surface area contributed by atoms with Gasteiger partial charge in [-0.15, -0.1) is 0 Å². The lowest BCUT2D eigenvalue weighted by molar-refractivity contribution is -0.383. The number of carbonyl (C=O) groups excluding carboxylic acids is 3. The maximum absolute atomic E-state index is 12.7. The Labute approximate surface area is 239 Å². The molecule has 218 valence electrons. The second-order valence-corrected chi connectivity index (χ2v) is 13.2. The van der Waals surface area contributed by atoms with Crippen molar-refractivity contribution in [2.45, 2.75) is 90.6 Å². The number of rotatable bonds is 6. The molecule has 9 heteroatoms. The third-order valence-electron chi connectivity index (χ3n) is 11.3. The van der Waals surface area contributed by atoms with Gasteiger partial charge in [0.1, 0.15) is 17.4 Å². The van der Waals surface area contributed by atoms with Crippen LogP contribution in [0, 0.1) is 44.6 Å². The first-order valence-electron chi connectivity index (χ1n) is 15.1. The number of benzene rings is 1. The van der Waals surface area contributed by atoms with Crippen LogP contribution < -0.4 is 4.74 Å². The summed E-state index contributed by atoms with van der Waals surface area (Å²) >= 11 is 0. The number of ketones is 1. The standard InChI is InChI=1S/C32H38N2O7/c1-31-15-13-20(18-19(31)5-6-21-23-7-10-27(35)32(23,2)16-14-24(21)31)40-28(36)11-12-29(37)41-26-9-8-25(34(38)39)22-4-3-17-33-30(22)26/h3-4,8-9,17,19-21,23-24H,5-7,10-16,18H2,1-2H3/t19-,20-,21-,23-,24-,31-,32-/m0/s1. The third kappa shape index (κ3) is 4.81. The van der Waals surface area contributed by atoms with Crippen molar-refractivity contribution < 1.29 is 28.8 Å². The Hall–Kier alpha value is -3.36. The van der Waals surface area contributed by atoms with Gasteiger partial charge in [0.2, 0.25) is 0 Å². The molecule has 0 N–H and O–H groups in total. The van der Waals surface area contributed by atoms with Crippen LogP contribution in [-0.4, -0.2) is 33.7 Å². The predicted octanol–water partition coefficient (Wildman–Crippen LogP) is 6.35. The van der Waals surface area contributed by atoms with Crippen molar-refractivity contribution in [1.29, 1.82) is 0 Å². The molecule has 2 aromatic rings. The lowest BCUT2D eigenvalue weighted by Gasteiger charge is -2.60. The van der Waals surface area contributed by atoms with E-state index in [0.717, 1.165) is 57.8 Å². The van der Waals surface area contributed by atoms with Crippen molar-refractivity contribution >= 4 is 34.3 Å². The van der Waals surface area contributed by atoms with Gasteiger partial charge in [0.15, 0.2) is 5.75 Å². The summed E-state index contributed by atoms with van der Waals surface area (Å²) in [5.41, 5.74) is 0.216. The summed E-state index contributed by atoms with van der Waals surface area (Å²) < 4.78 is 11.3. The van der Waals surface area contributed by atoms with Gasteiger partial charge in [-0.2, -0.15) is 0 Å². The van der Waals surface area contributed by atoms with E-state index in [1.165, 1.54) is 18.3 Å². The Morgan fingerprint density at radius 3 is 2.63 bits per heavy atom. The van der Waals surface area contributed by atoms with Crippen molar-refractivity contribution in [3.63, 3.8) is 0 Å². The first-order valence-corrected chi connectivity index (χ1v) is 15.1. The van der Waals surface area contributed by atoms with Crippen molar-refractivity contribution in [2.24, 2.45) is 34.5 Å². The maximum Gasteiger partial charge on any atom is 0.311 e. The highest BCUT2D eigenvalue weighted by atomic mass is 16.6. The lowest BCUT2D eigenvalue weighted by atomic mass is 9.45. The fourth-order valence-electron chi connectivity index (χ4n) is 9.09. The van der Waals surface area contributed by atoms with Crippen molar-refractivity contribution in [3.05, 3.63) is 40.6 Å². The number of fused-ring (bicyclic) bond motifs is 6. The van der Waals surface area contributed by atoms with Gasteiger partial charge in [-0.3, -0.25) is 29.5 Å². The molecule has 4 aliphatic rings. The molecular weight excluding hydrogens is 524 g/mol. The second-order valence-electron chi connectivity index (χ2n) is 13.2. The smallest absolute Gasteiger partial charge is 0.311 e. The summed E-state index contributed by atoms with van der Waals surface area (Å²) in [4.78, 5) is 52.9. The van der Waals surface area contributed by atoms with Crippen LogP contribution >= 0.6 is 0 Å². The number of ether oxygens (including phenoxy) is 2. The average molecular weight is 563 g/mol. The average Bonchev–Trinajstić information content (AvgIpc) is 3.26. The number of pyridine rings is 1. The Kier molecular flexibility index (Phi) is 7.10. The molecule has 7 atom stereocenters. The molecule has 1 aromatic carbocycles. The van der Waals surface area contributed by atoms with Crippen LogP contribution in [0.15, 0.2) is 30.5 Å². The van der Waals surface area contributed by atoms with Gasteiger partial charge in [0, 0.05) is 24.1 Å². The van der Waals surface area contributed by atoms with Crippen LogP contribution in [0.1, 0.15) is 84.5 Å². The molecule has 1 heterocycles. The van der Waals surface area contributed by atoms with Crippen LogP contribution in [-0.2, 0) is 19.1 Å². The minimum Gasteiger partial charge on any atom is -0.462 e. The molecule has 1 aromatic heterocycles. The fraction of sp³-hybridized carbons (Fsp3) is 0.625. The normalized spacial score (nSPS) is 34.3. The number of carbonyl (C=O) groups is 3. The molecule has 0 spiro atoms. The monoisotopic (exact) mass is 562 g/mol. The molecule has 0 saturated heterocycles. The van der Waals surface area contributed by atoms with Gasteiger partial charge in [0.05, 0.1) is 23.2 Å². The molecule has 6 rings (SSSR count). The SMILES string of the molecule is C[C@]12CC[C@H](OC(=O)CCC(=O)Oc3ccc([N+](=O)[O-])c4cccnc34)C[C@@H]1CC[C@@H]1[C@@H]2CC[C@]2(C)C(=O)CC[C@@H]12. The van der Waals surface area contributed by atoms with Crippen molar-refractivity contribution in [3.8, 4) is 5.75 Å². The van der Waals surface area contributed by atoms with E-state index in [1.54, 1.807) is 12.1 Å². The van der Waals surface area contributed by atoms with Gasteiger partial charge in [-0.1, -0.05) is 13.8 Å². The highest BCUT2D eigenvalue weighted by molar-refractivity contribution is 5.94. The predicted molar refractivity (Wildman–Crippen MR) is 150 cm³/mol. The third-order valence-corrected chi connectivity index (χ3v) is 11.3. The molecule has 9 nitrogen and oxygen atoms in total. The second kappa shape index (κ2) is 10.5. The Morgan fingerprint density at radius 1 is 1.02 bits per heavy atom. The molecule has 0 radical (unpaired) electrons. The van der Waals surface area contributed by atoms with E-state index < -0.39 is 16.9 Å². The quantitative estimate of drug-likeness (QED) is 0.172. The molecule has 0 amide bonds. The highest BCUT2D eigenvalue weighted by Crippen LogP contribution is 2.65. The van der Waals surface area contributed by atoms with Crippen LogP contribution in [0.4, 0.5) is 5.69 Å². The molecular formula is C32H38N2O7. The van der Waals surface area contributed by atoms with E-state index in [0.29, 0.717) is 29.5 Å². The topological polar surface area (TPSA) is 126 Å². The Bertz CT molecular complexity index is 1410. The van der Waals surface area contributed by atoms with E-state index in [-0.39, 0.29) is 52.1 Å². The van der Waals surface area contributed by atoms with Gasteiger partial charge >= 0.3 is 11.9 Å². The minimum atomic E-state index is -0.619. The summed E-state index contributed by atoms with van der Waals surface area (Å²) in [6.45, 7) is 4.66. The number of nitrogens with zero attached hydrogens (tertiary/aromatic N) is 2. The van der Waals surface area contributed by atoms with Crippen LogP contribution in [0.2, 0.25) is 0 Å². The molecule has 0 aliphatic heterocycles. The molecule has 4 saturated carbocycles. The zero-order valence-corrected chi connectivity index (χ0v) is 23.8. The molecule has 0 bridgehead atoms. The van der Waals surface area contributed by atoms with Crippen LogP contribution in [0.5, 0.6) is 5.75 Å². The first kappa shape index (κ1) is 27.8. The number of Topliss-reactive ketones (excluding diaryl/α,β-unsaturated/α-hetero) is 1. The number of non-ortho nitro benzene ring substituents is 1. The lowest BCUT2D eigenvalue weighted by Crippen LogP contribution is -2.54. The summed E-state index contributed by atoms with van der Waals surface area (Å²) in [5, 5.41) is 11.6. The summed E-state index contributed by atoms with van der Waals surface area (Å²) in [7, 11) is 0. The van der Waals surface area contributed by atoms with Gasteiger partial charge in [0.25, 0.3) is 5.69 Å². The van der Waals surface area contributed by atoms with E-state index in [4.69, 9.17) is 9.47 Å². The largest absolute Gasteiger partial charge is 0.462 e. The fourth-order valence-corrected chi connectivity index (χ4v) is 9.09. The van der Waals surface area contributed by atoms with Crippen molar-refractivity contribution in [1.82, 2.24) is 4.98 Å². The number of aromatic nitrogens is 1. The number of hydrogen-bond acceptors (Lipinski definition) is 8.